The van der Waals surface area contributed by atoms with E-state index in [0.717, 1.165) is 18.7 Å². The predicted octanol–water partition coefficient (Wildman–Crippen LogP) is 1.85. The molecule has 0 bridgehead atoms. The van der Waals surface area contributed by atoms with Crippen LogP contribution in [0.1, 0.15) is 19.4 Å². The molecule has 1 aromatic rings. The average Bonchev–Trinajstić information content (AvgIpc) is 2.34. The Bertz CT molecular complexity index is 406. The number of anilines is 1. The molecular weight excluding hydrogens is 235 g/mol. The van der Waals surface area contributed by atoms with Crippen LogP contribution < -0.4 is 10.2 Å². The number of aliphatic carboxylic acids is 1. The fourth-order valence-corrected chi connectivity index (χ4v) is 1.79. The van der Waals surface area contributed by atoms with Gasteiger partial charge in [0, 0.05) is 19.6 Å². The van der Waals surface area contributed by atoms with Crippen LogP contribution in [0.25, 0.3) is 0 Å². The second kappa shape index (κ2) is 6.96. The number of nitrogens with one attached hydrogen (secondary N) is 1. The summed E-state index contributed by atoms with van der Waals surface area (Å²) in [5.74, 6) is -1.15. The van der Waals surface area contributed by atoms with Crippen molar-refractivity contribution in [2.24, 2.45) is 0 Å². The third-order valence-electron chi connectivity index (χ3n) is 2.72. The Hall–Kier alpha value is -1.62. The smallest absolute Gasteiger partial charge is 0.317 e. The van der Waals surface area contributed by atoms with Crippen LogP contribution in [0.5, 0.6) is 0 Å². The monoisotopic (exact) mass is 254 g/mol. The Morgan fingerprint density at radius 1 is 1.39 bits per heavy atom. The largest absolute Gasteiger partial charge is 0.480 e. The molecular formula is C13H19FN2O2. The number of carboxylic acid groups (broad SMARTS) is 1. The first-order chi connectivity index (χ1) is 8.58. The third kappa shape index (κ3) is 4.00. The molecule has 1 rings (SSSR count). The molecule has 0 aliphatic carbocycles. The fraction of sp³-hybridized carbons (Fsp3) is 0.462. The van der Waals surface area contributed by atoms with Crippen molar-refractivity contribution in [1.82, 2.24) is 5.32 Å². The molecule has 5 heteroatoms. The number of carbonyl (C=O) groups is 1. The lowest BCUT2D eigenvalue weighted by atomic mass is 10.1. The van der Waals surface area contributed by atoms with Gasteiger partial charge in [-0.25, -0.2) is 4.39 Å². The second-order valence-corrected chi connectivity index (χ2v) is 3.96. The second-order valence-electron chi connectivity index (χ2n) is 3.96. The van der Waals surface area contributed by atoms with Gasteiger partial charge in [-0.05, 0) is 31.5 Å². The summed E-state index contributed by atoms with van der Waals surface area (Å²) in [6.45, 7) is 5.73. The topological polar surface area (TPSA) is 52.6 Å². The molecule has 0 fully saturated rings. The van der Waals surface area contributed by atoms with Gasteiger partial charge in [0.2, 0.25) is 0 Å². The van der Waals surface area contributed by atoms with E-state index >= 15 is 0 Å². The summed E-state index contributed by atoms with van der Waals surface area (Å²) in [6, 6.07) is 4.85. The molecule has 100 valence electrons. The lowest BCUT2D eigenvalue weighted by Crippen LogP contribution is -2.24. The minimum atomic E-state index is -0.902. The molecule has 0 aromatic heterocycles. The highest BCUT2D eigenvalue weighted by atomic mass is 19.1. The van der Waals surface area contributed by atoms with Gasteiger partial charge in [0.15, 0.2) is 0 Å². The molecule has 4 nitrogen and oxygen atoms in total. The summed E-state index contributed by atoms with van der Waals surface area (Å²) >= 11 is 0. The summed E-state index contributed by atoms with van der Waals surface area (Å²) in [7, 11) is 0. The van der Waals surface area contributed by atoms with Crippen LogP contribution in [0, 0.1) is 5.82 Å². The maximum Gasteiger partial charge on any atom is 0.317 e. The molecule has 0 saturated heterocycles. The SMILES string of the molecule is CCN(CC)c1cc(CNCC(=O)O)ccc1F. The molecule has 0 amide bonds. The van der Waals surface area contributed by atoms with Gasteiger partial charge < -0.3 is 15.3 Å². The zero-order chi connectivity index (χ0) is 13.5. The van der Waals surface area contributed by atoms with E-state index < -0.39 is 5.97 Å². The van der Waals surface area contributed by atoms with Gasteiger partial charge in [-0.15, -0.1) is 0 Å². The Morgan fingerprint density at radius 2 is 2.06 bits per heavy atom. The first-order valence-electron chi connectivity index (χ1n) is 6.04. The summed E-state index contributed by atoms with van der Waals surface area (Å²) in [5, 5.41) is 11.3. The quantitative estimate of drug-likeness (QED) is 0.779. The number of hydrogen-bond donors (Lipinski definition) is 2. The normalized spacial score (nSPS) is 10.4. The Kier molecular flexibility index (Phi) is 5.58. The van der Waals surface area contributed by atoms with Crippen molar-refractivity contribution in [2.45, 2.75) is 20.4 Å². The molecule has 0 atom stereocenters. The average molecular weight is 254 g/mol. The highest BCUT2D eigenvalue weighted by Crippen LogP contribution is 2.20. The van der Waals surface area contributed by atoms with Crippen molar-refractivity contribution < 1.29 is 14.3 Å². The maximum absolute atomic E-state index is 13.7. The van der Waals surface area contributed by atoms with Gasteiger partial charge in [0.05, 0.1) is 12.2 Å². The zero-order valence-corrected chi connectivity index (χ0v) is 10.7. The van der Waals surface area contributed by atoms with Crippen molar-refractivity contribution in [1.29, 1.82) is 0 Å². The van der Waals surface area contributed by atoms with Crippen LogP contribution in [-0.4, -0.2) is 30.7 Å². The third-order valence-corrected chi connectivity index (χ3v) is 2.72. The van der Waals surface area contributed by atoms with E-state index in [9.17, 15) is 9.18 Å². The zero-order valence-electron chi connectivity index (χ0n) is 10.7. The first-order valence-corrected chi connectivity index (χ1v) is 6.04. The van der Waals surface area contributed by atoms with Crippen LogP contribution in [0.3, 0.4) is 0 Å². The first kappa shape index (κ1) is 14.4. The van der Waals surface area contributed by atoms with E-state index in [1.807, 2.05) is 18.7 Å². The van der Waals surface area contributed by atoms with Crippen LogP contribution in [-0.2, 0) is 11.3 Å². The number of benzene rings is 1. The molecule has 1 aromatic carbocycles. The molecule has 0 spiro atoms. The van der Waals surface area contributed by atoms with Gasteiger partial charge in [0.25, 0.3) is 0 Å². The van der Waals surface area contributed by atoms with E-state index in [-0.39, 0.29) is 12.4 Å². The van der Waals surface area contributed by atoms with Crippen molar-refractivity contribution in [3.05, 3.63) is 29.6 Å². The molecule has 0 radical (unpaired) electrons. The van der Waals surface area contributed by atoms with Crippen LogP contribution in [0.4, 0.5) is 10.1 Å². The van der Waals surface area contributed by atoms with E-state index in [1.165, 1.54) is 6.07 Å². The van der Waals surface area contributed by atoms with Gasteiger partial charge >= 0.3 is 5.97 Å². The standard InChI is InChI=1S/C13H19FN2O2/c1-3-16(4-2)12-7-10(5-6-11(12)14)8-15-9-13(17)18/h5-7,15H,3-4,8-9H2,1-2H3,(H,17,18). The predicted molar refractivity (Wildman–Crippen MR) is 69.3 cm³/mol. The van der Waals surface area contributed by atoms with Gasteiger partial charge in [0.1, 0.15) is 5.82 Å². The van der Waals surface area contributed by atoms with Crippen LogP contribution >= 0.6 is 0 Å². The van der Waals surface area contributed by atoms with Crippen molar-refractivity contribution in [2.75, 3.05) is 24.5 Å². The Morgan fingerprint density at radius 3 is 2.61 bits per heavy atom. The highest BCUT2D eigenvalue weighted by molar-refractivity contribution is 5.69. The molecule has 0 aliphatic heterocycles. The molecule has 18 heavy (non-hydrogen) atoms. The lowest BCUT2D eigenvalue weighted by Gasteiger charge is -2.22. The molecule has 0 saturated carbocycles. The van der Waals surface area contributed by atoms with Crippen molar-refractivity contribution in [3.63, 3.8) is 0 Å². The van der Waals surface area contributed by atoms with E-state index in [2.05, 4.69) is 5.32 Å². The summed E-state index contributed by atoms with van der Waals surface area (Å²) in [4.78, 5) is 12.3. The molecule has 0 aliphatic rings. The maximum atomic E-state index is 13.7. The molecule has 0 heterocycles. The Labute approximate surface area is 106 Å². The van der Waals surface area contributed by atoms with Gasteiger partial charge in [-0.1, -0.05) is 6.07 Å². The highest BCUT2D eigenvalue weighted by Gasteiger charge is 2.09. The lowest BCUT2D eigenvalue weighted by molar-refractivity contribution is -0.135. The molecule has 0 unspecified atom stereocenters. The number of hydrogen-bond acceptors (Lipinski definition) is 3. The van der Waals surface area contributed by atoms with Gasteiger partial charge in [-0.3, -0.25) is 4.79 Å². The number of halogens is 1. The van der Waals surface area contributed by atoms with E-state index in [4.69, 9.17) is 5.11 Å². The summed E-state index contributed by atoms with van der Waals surface area (Å²) in [6.07, 6.45) is 0. The number of rotatable bonds is 7. The van der Waals surface area contributed by atoms with Crippen molar-refractivity contribution in [3.8, 4) is 0 Å². The Balaban J connectivity index is 2.76. The van der Waals surface area contributed by atoms with Crippen LogP contribution in [0.15, 0.2) is 18.2 Å². The van der Waals surface area contributed by atoms with Crippen LogP contribution in [0.2, 0.25) is 0 Å². The molecule has 2 N–H and O–H groups in total. The van der Waals surface area contributed by atoms with Crippen molar-refractivity contribution >= 4 is 11.7 Å². The fourth-order valence-electron chi connectivity index (χ4n) is 1.79. The van der Waals surface area contributed by atoms with E-state index in [0.29, 0.717) is 12.2 Å². The number of carboxylic acids is 1. The number of nitrogens with zero attached hydrogens (tertiary/aromatic N) is 1. The summed E-state index contributed by atoms with van der Waals surface area (Å²) < 4.78 is 13.7. The minimum Gasteiger partial charge on any atom is -0.480 e. The van der Waals surface area contributed by atoms with E-state index in [1.54, 1.807) is 12.1 Å². The minimum absolute atomic E-state index is 0.0992. The van der Waals surface area contributed by atoms with Gasteiger partial charge in [-0.2, -0.15) is 0 Å². The summed E-state index contributed by atoms with van der Waals surface area (Å²) in [5.41, 5.74) is 1.44.